The minimum absolute atomic E-state index is 0.0765. The van der Waals surface area contributed by atoms with E-state index in [2.05, 4.69) is 0 Å². The molecule has 23 heavy (non-hydrogen) atoms. The van der Waals surface area contributed by atoms with E-state index < -0.39 is 18.8 Å². The lowest BCUT2D eigenvalue weighted by Gasteiger charge is -2.11. The van der Waals surface area contributed by atoms with E-state index in [1.165, 1.54) is 24.3 Å². The van der Waals surface area contributed by atoms with Gasteiger partial charge in [-0.2, -0.15) is 0 Å². The molecule has 6 nitrogen and oxygen atoms in total. The Balaban J connectivity index is 2.11. The minimum atomic E-state index is -4.96. The van der Waals surface area contributed by atoms with Crippen LogP contribution in [0, 0.1) is 13.8 Å². The molecule has 0 aliphatic rings. The van der Waals surface area contributed by atoms with E-state index in [9.17, 15) is 19.0 Å². The normalized spacial score (nSPS) is 10.9. The summed E-state index contributed by atoms with van der Waals surface area (Å²) in [7, 11) is -4.96. The molecule has 1 N–H and O–H groups in total. The molecule has 0 fully saturated rings. The summed E-state index contributed by atoms with van der Waals surface area (Å²) in [6, 6.07) is 12.7. The third-order valence-corrected chi connectivity index (χ3v) is 4.06. The lowest BCUT2D eigenvalue weighted by atomic mass is 10.2. The van der Waals surface area contributed by atoms with E-state index in [0.717, 1.165) is 11.1 Å². The molecule has 0 aromatic heterocycles. The first-order valence-corrected chi connectivity index (χ1v) is 8.36. The maximum Gasteiger partial charge on any atom is 0.411 e. The molecular formula is C16H15O6P. The molecule has 2 aromatic carbocycles. The summed E-state index contributed by atoms with van der Waals surface area (Å²) in [4.78, 5) is 33.3. The molecule has 0 aliphatic carbocycles. The Labute approximate surface area is 133 Å². The summed E-state index contributed by atoms with van der Waals surface area (Å²) < 4.78 is 21.6. The smallest absolute Gasteiger partial charge is 0.411 e. The van der Waals surface area contributed by atoms with Crippen LogP contribution in [0.3, 0.4) is 0 Å². The zero-order chi connectivity index (χ0) is 17.0. The largest absolute Gasteiger partial charge is 0.419 e. The van der Waals surface area contributed by atoms with Crippen LogP contribution in [-0.4, -0.2) is 16.3 Å². The molecule has 0 spiro atoms. The maximum atomic E-state index is 12.0. The van der Waals surface area contributed by atoms with Gasteiger partial charge in [0.15, 0.2) is 0 Å². The van der Waals surface area contributed by atoms with Crippen molar-refractivity contribution in [3.05, 3.63) is 59.7 Å². The van der Waals surface area contributed by atoms with Crippen molar-refractivity contribution in [2.45, 2.75) is 13.8 Å². The van der Waals surface area contributed by atoms with Gasteiger partial charge in [0.05, 0.1) is 0 Å². The first kappa shape index (κ1) is 16.9. The Morgan fingerprint density at radius 3 is 1.61 bits per heavy atom. The summed E-state index contributed by atoms with van der Waals surface area (Å²) in [6.45, 7) is 3.53. The quantitative estimate of drug-likeness (QED) is 0.840. The molecule has 0 heterocycles. The van der Waals surface area contributed by atoms with Crippen LogP contribution in [0.15, 0.2) is 48.5 Å². The number of carbonyl (C=O) groups excluding carboxylic acids is 2. The van der Waals surface area contributed by atoms with Crippen molar-refractivity contribution in [2.24, 2.45) is 0 Å². The van der Waals surface area contributed by atoms with Crippen LogP contribution in [0.5, 0.6) is 11.5 Å². The van der Waals surface area contributed by atoms with Crippen molar-refractivity contribution in [1.82, 2.24) is 0 Å². The van der Waals surface area contributed by atoms with Crippen molar-refractivity contribution in [1.29, 1.82) is 0 Å². The number of hydrogen-bond donors (Lipinski definition) is 1. The van der Waals surface area contributed by atoms with Gasteiger partial charge in [0.25, 0.3) is 0 Å². The number of hydrogen-bond acceptors (Lipinski definition) is 5. The monoisotopic (exact) mass is 334 g/mol. The highest BCUT2D eigenvalue weighted by Crippen LogP contribution is 2.45. The lowest BCUT2D eigenvalue weighted by Crippen LogP contribution is -2.16. The minimum Gasteiger partial charge on any atom is -0.419 e. The molecule has 2 aromatic rings. The molecule has 7 heteroatoms. The first-order valence-electron chi connectivity index (χ1n) is 6.70. The zero-order valence-electron chi connectivity index (χ0n) is 12.6. The van der Waals surface area contributed by atoms with E-state index >= 15 is 0 Å². The number of rotatable bonds is 4. The van der Waals surface area contributed by atoms with Gasteiger partial charge in [-0.3, -0.25) is 4.57 Å². The third kappa shape index (κ3) is 4.28. The number of aryl methyl sites for hydroxylation is 2. The SMILES string of the molecule is Cc1cccc(OC(=O)P(=O)(O)C(=O)Oc2cccc(C)c2)c1. The fourth-order valence-corrected chi connectivity index (χ4v) is 2.36. The van der Waals surface area contributed by atoms with Crippen molar-refractivity contribution < 1.29 is 28.5 Å². The average molecular weight is 334 g/mol. The summed E-state index contributed by atoms with van der Waals surface area (Å²) in [5.74, 6) is 0.153. The van der Waals surface area contributed by atoms with Crippen LogP contribution in [-0.2, 0) is 4.57 Å². The van der Waals surface area contributed by atoms with Gasteiger partial charge in [0.2, 0.25) is 0 Å². The topological polar surface area (TPSA) is 89.9 Å². The van der Waals surface area contributed by atoms with Crippen LogP contribution >= 0.6 is 7.37 Å². The average Bonchev–Trinajstić information content (AvgIpc) is 2.47. The molecule has 120 valence electrons. The third-order valence-electron chi connectivity index (χ3n) is 2.88. The fourth-order valence-electron chi connectivity index (χ4n) is 1.76. The molecule has 0 radical (unpaired) electrons. The van der Waals surface area contributed by atoms with Crippen LogP contribution in [0.2, 0.25) is 0 Å². The lowest BCUT2D eigenvalue weighted by molar-refractivity contribution is 0.210. The zero-order valence-corrected chi connectivity index (χ0v) is 13.4. The van der Waals surface area contributed by atoms with Crippen molar-refractivity contribution in [3.63, 3.8) is 0 Å². The van der Waals surface area contributed by atoms with E-state index in [0.29, 0.717) is 0 Å². The van der Waals surface area contributed by atoms with Gasteiger partial charge in [-0.05, 0) is 49.2 Å². The van der Waals surface area contributed by atoms with E-state index in [4.69, 9.17) is 9.47 Å². The van der Waals surface area contributed by atoms with Crippen LogP contribution in [0.4, 0.5) is 9.59 Å². The molecule has 0 aliphatic heterocycles. The summed E-state index contributed by atoms with van der Waals surface area (Å²) in [6.07, 6.45) is 0. The van der Waals surface area contributed by atoms with Crippen LogP contribution in [0.1, 0.15) is 11.1 Å². The highest BCUT2D eigenvalue weighted by molar-refractivity contribution is 7.89. The van der Waals surface area contributed by atoms with E-state index in [-0.39, 0.29) is 11.5 Å². The highest BCUT2D eigenvalue weighted by atomic mass is 31.2. The Bertz CT molecular complexity index is 735. The molecule has 0 amide bonds. The predicted molar refractivity (Wildman–Crippen MR) is 84.2 cm³/mol. The van der Waals surface area contributed by atoms with Crippen molar-refractivity contribution in [2.75, 3.05) is 0 Å². The summed E-state index contributed by atoms with van der Waals surface area (Å²) >= 11 is 0. The van der Waals surface area contributed by atoms with Gasteiger partial charge in [0, 0.05) is 0 Å². The second-order valence-corrected chi connectivity index (χ2v) is 6.83. The van der Waals surface area contributed by atoms with Gasteiger partial charge in [-0.1, -0.05) is 24.3 Å². The fraction of sp³-hybridized carbons (Fsp3) is 0.125. The summed E-state index contributed by atoms with van der Waals surface area (Å²) in [5.41, 5.74) is -1.49. The van der Waals surface area contributed by atoms with Crippen molar-refractivity contribution in [3.8, 4) is 11.5 Å². The van der Waals surface area contributed by atoms with Gasteiger partial charge in [-0.15, -0.1) is 0 Å². The first-order chi connectivity index (χ1) is 10.8. The number of ether oxygens (including phenoxy) is 2. The van der Waals surface area contributed by atoms with E-state index in [1.807, 2.05) is 0 Å². The van der Waals surface area contributed by atoms with Gasteiger partial charge in [0.1, 0.15) is 11.5 Å². The number of benzene rings is 2. The Hall–Kier alpha value is -2.43. The van der Waals surface area contributed by atoms with Gasteiger partial charge < -0.3 is 14.4 Å². The van der Waals surface area contributed by atoms with Crippen LogP contribution < -0.4 is 9.47 Å². The summed E-state index contributed by atoms with van der Waals surface area (Å²) in [5, 5.41) is 0. The molecular weight excluding hydrogens is 319 g/mol. The molecule has 2 rings (SSSR count). The molecule has 0 bridgehead atoms. The van der Waals surface area contributed by atoms with Crippen LogP contribution in [0.25, 0.3) is 0 Å². The Kier molecular flexibility index (Phi) is 4.98. The standard InChI is InChI=1S/C16H15O6P/c1-11-5-3-7-13(9-11)21-15(17)23(19,20)16(18)22-14-8-4-6-12(2)10-14/h3-10H,1-2H3,(H,19,20). The number of carbonyl (C=O) groups is 2. The predicted octanol–water partition coefficient (Wildman–Crippen LogP) is 4.27. The second-order valence-electron chi connectivity index (χ2n) is 4.94. The molecule has 0 saturated heterocycles. The van der Waals surface area contributed by atoms with E-state index in [1.54, 1.807) is 38.1 Å². The van der Waals surface area contributed by atoms with Gasteiger partial charge in [-0.25, -0.2) is 9.59 Å². The maximum absolute atomic E-state index is 12.0. The Morgan fingerprint density at radius 1 is 0.870 bits per heavy atom. The molecule has 0 unspecified atom stereocenters. The second kappa shape index (κ2) is 6.77. The van der Waals surface area contributed by atoms with Gasteiger partial charge >= 0.3 is 18.8 Å². The molecule has 0 atom stereocenters. The molecule has 0 saturated carbocycles. The van der Waals surface area contributed by atoms with Crippen molar-refractivity contribution >= 4 is 18.8 Å². The Morgan fingerprint density at radius 2 is 1.26 bits per heavy atom. The highest BCUT2D eigenvalue weighted by Gasteiger charge is 2.42.